The van der Waals surface area contributed by atoms with E-state index in [0.29, 0.717) is 12.1 Å². The molecule has 1 atom stereocenters. The first-order chi connectivity index (χ1) is 16.0. The Kier molecular flexibility index (Phi) is 4.37. The Hall–Kier alpha value is -3.93. The van der Waals surface area contributed by atoms with Gasteiger partial charge >= 0.3 is 0 Å². The lowest BCUT2D eigenvalue weighted by molar-refractivity contribution is 0.0674. The quantitative estimate of drug-likeness (QED) is 0.397. The van der Waals surface area contributed by atoms with Crippen LogP contribution in [0.5, 0.6) is 0 Å². The maximum atomic E-state index is 13.5. The highest BCUT2D eigenvalue weighted by molar-refractivity contribution is 5.98. The van der Waals surface area contributed by atoms with Gasteiger partial charge in [-0.05, 0) is 49.7 Å². The maximum absolute atomic E-state index is 13.5. The molecule has 1 aliphatic rings. The molecule has 1 amide bonds. The molecule has 33 heavy (non-hydrogen) atoms. The molecule has 6 nitrogen and oxygen atoms in total. The third kappa shape index (κ3) is 2.98. The number of hydrogen-bond acceptors (Lipinski definition) is 3. The SMILES string of the molecule is CC1c2nn(C)c(-c3cc4ccccc4n3C)c2CCN1C(=O)c1ccc2ncccc2c1. The molecule has 1 aliphatic heterocycles. The second-order valence-corrected chi connectivity index (χ2v) is 8.82. The van der Waals surface area contributed by atoms with Crippen molar-refractivity contribution in [2.75, 3.05) is 6.54 Å². The van der Waals surface area contributed by atoms with Gasteiger partial charge in [0.1, 0.15) is 0 Å². The molecule has 2 aromatic carbocycles. The number of fused-ring (bicyclic) bond motifs is 3. The average molecular weight is 436 g/mol. The molecule has 6 heteroatoms. The molecular formula is C27H25N5O. The van der Waals surface area contributed by atoms with Crippen molar-refractivity contribution < 1.29 is 4.79 Å². The van der Waals surface area contributed by atoms with Gasteiger partial charge < -0.3 is 9.47 Å². The van der Waals surface area contributed by atoms with E-state index in [-0.39, 0.29) is 11.9 Å². The number of aryl methyl sites for hydroxylation is 2. The topological polar surface area (TPSA) is 56.0 Å². The fourth-order valence-corrected chi connectivity index (χ4v) is 5.23. The Morgan fingerprint density at radius 3 is 2.67 bits per heavy atom. The Morgan fingerprint density at radius 2 is 1.82 bits per heavy atom. The number of carbonyl (C=O) groups excluding carboxylic acids is 1. The molecule has 1 unspecified atom stereocenters. The predicted molar refractivity (Wildman–Crippen MR) is 130 cm³/mol. The Morgan fingerprint density at radius 1 is 1.00 bits per heavy atom. The standard InChI is InChI=1S/C27H25N5O/c1-17-25-21(26(31(3)29-25)24-16-19-7-4-5-9-23(19)30(24)2)12-14-32(17)27(33)20-10-11-22-18(15-20)8-6-13-28-22/h4-11,13,15-17H,12,14H2,1-3H3. The lowest BCUT2D eigenvalue weighted by Crippen LogP contribution is -2.38. The smallest absolute Gasteiger partial charge is 0.254 e. The second-order valence-electron chi connectivity index (χ2n) is 8.82. The first kappa shape index (κ1) is 19.7. The van der Waals surface area contributed by atoms with E-state index in [1.165, 1.54) is 16.5 Å². The zero-order valence-corrected chi connectivity index (χ0v) is 19.0. The van der Waals surface area contributed by atoms with E-state index in [9.17, 15) is 4.79 Å². The number of amides is 1. The van der Waals surface area contributed by atoms with Crippen molar-refractivity contribution in [3.63, 3.8) is 0 Å². The molecule has 5 aromatic rings. The average Bonchev–Trinajstić information content (AvgIpc) is 3.35. The van der Waals surface area contributed by atoms with Gasteiger partial charge in [0.2, 0.25) is 0 Å². The molecule has 0 saturated carbocycles. The first-order valence-electron chi connectivity index (χ1n) is 11.3. The minimum atomic E-state index is -0.0968. The monoisotopic (exact) mass is 435 g/mol. The Labute approximate surface area is 192 Å². The number of rotatable bonds is 2. The summed E-state index contributed by atoms with van der Waals surface area (Å²) >= 11 is 0. The van der Waals surface area contributed by atoms with Gasteiger partial charge in [-0.2, -0.15) is 5.10 Å². The van der Waals surface area contributed by atoms with E-state index in [2.05, 4.69) is 53.9 Å². The zero-order valence-electron chi connectivity index (χ0n) is 19.0. The number of hydrogen-bond donors (Lipinski definition) is 0. The van der Waals surface area contributed by atoms with Crippen LogP contribution in [0, 0.1) is 0 Å². The summed E-state index contributed by atoms with van der Waals surface area (Å²) in [4.78, 5) is 19.8. The highest BCUT2D eigenvalue weighted by Crippen LogP contribution is 2.37. The largest absolute Gasteiger partial charge is 0.342 e. The van der Waals surface area contributed by atoms with Crippen LogP contribution in [0.4, 0.5) is 0 Å². The number of para-hydroxylation sites is 1. The van der Waals surface area contributed by atoms with Crippen LogP contribution in [0.1, 0.15) is 34.6 Å². The molecule has 3 aromatic heterocycles. The predicted octanol–water partition coefficient (Wildman–Crippen LogP) is 4.89. The van der Waals surface area contributed by atoms with Gasteiger partial charge in [-0.25, -0.2) is 0 Å². The Bertz CT molecular complexity index is 1540. The fraction of sp³-hybridized carbons (Fsp3) is 0.222. The molecule has 0 fully saturated rings. The number of carbonyl (C=O) groups is 1. The Balaban J connectivity index is 1.38. The number of benzene rings is 2. The van der Waals surface area contributed by atoms with E-state index in [4.69, 9.17) is 5.10 Å². The van der Waals surface area contributed by atoms with E-state index < -0.39 is 0 Å². The highest BCUT2D eigenvalue weighted by Gasteiger charge is 2.34. The molecule has 0 N–H and O–H groups in total. The van der Waals surface area contributed by atoms with Crippen molar-refractivity contribution in [2.24, 2.45) is 14.1 Å². The van der Waals surface area contributed by atoms with Crippen LogP contribution in [-0.2, 0) is 20.5 Å². The first-order valence-corrected chi connectivity index (χ1v) is 11.3. The number of nitrogens with zero attached hydrogens (tertiary/aromatic N) is 5. The molecule has 0 saturated heterocycles. The van der Waals surface area contributed by atoms with E-state index in [1.54, 1.807) is 6.20 Å². The molecule has 0 radical (unpaired) electrons. The van der Waals surface area contributed by atoms with Gasteiger partial charge in [-0.3, -0.25) is 14.5 Å². The molecule has 0 spiro atoms. The van der Waals surface area contributed by atoms with Crippen molar-refractivity contribution in [3.8, 4) is 11.4 Å². The van der Waals surface area contributed by atoms with Crippen molar-refractivity contribution in [1.82, 2.24) is 24.2 Å². The summed E-state index contributed by atoms with van der Waals surface area (Å²) in [6, 6.07) is 20.2. The summed E-state index contributed by atoms with van der Waals surface area (Å²) in [6.07, 6.45) is 2.55. The highest BCUT2D eigenvalue weighted by atomic mass is 16.2. The van der Waals surface area contributed by atoms with Gasteiger partial charge in [0.15, 0.2) is 0 Å². The summed E-state index contributed by atoms with van der Waals surface area (Å²) in [6.45, 7) is 2.75. The van der Waals surface area contributed by atoms with Crippen LogP contribution in [0.2, 0.25) is 0 Å². The van der Waals surface area contributed by atoms with Gasteiger partial charge in [-0.1, -0.05) is 24.3 Å². The maximum Gasteiger partial charge on any atom is 0.254 e. The van der Waals surface area contributed by atoms with Crippen LogP contribution in [0.15, 0.2) is 66.9 Å². The summed E-state index contributed by atoms with van der Waals surface area (Å²) in [5, 5.41) is 7.09. The normalized spacial score (nSPS) is 15.8. The van der Waals surface area contributed by atoms with Crippen molar-refractivity contribution >= 4 is 27.7 Å². The second kappa shape index (κ2) is 7.30. The van der Waals surface area contributed by atoms with E-state index in [1.807, 2.05) is 47.0 Å². The lowest BCUT2D eigenvalue weighted by Gasteiger charge is -2.33. The van der Waals surface area contributed by atoms with E-state index >= 15 is 0 Å². The van der Waals surface area contributed by atoms with Crippen molar-refractivity contribution in [2.45, 2.75) is 19.4 Å². The van der Waals surface area contributed by atoms with Crippen LogP contribution in [-0.4, -0.2) is 36.7 Å². The molecular weight excluding hydrogens is 410 g/mol. The minimum absolute atomic E-state index is 0.0377. The molecule has 164 valence electrons. The fourth-order valence-electron chi connectivity index (χ4n) is 5.23. The van der Waals surface area contributed by atoms with Gasteiger partial charge in [0.05, 0.1) is 28.6 Å². The van der Waals surface area contributed by atoms with Crippen LogP contribution >= 0.6 is 0 Å². The summed E-state index contributed by atoms with van der Waals surface area (Å²) < 4.78 is 4.21. The van der Waals surface area contributed by atoms with E-state index in [0.717, 1.165) is 34.4 Å². The van der Waals surface area contributed by atoms with Gasteiger partial charge in [-0.15, -0.1) is 0 Å². The van der Waals surface area contributed by atoms with Crippen molar-refractivity contribution in [1.29, 1.82) is 0 Å². The number of pyridine rings is 1. The number of aromatic nitrogens is 4. The van der Waals surface area contributed by atoms with Crippen molar-refractivity contribution in [3.05, 3.63) is 83.7 Å². The molecule has 6 rings (SSSR count). The lowest BCUT2D eigenvalue weighted by atomic mass is 9.96. The third-order valence-corrected chi connectivity index (χ3v) is 6.95. The third-order valence-electron chi connectivity index (χ3n) is 6.95. The summed E-state index contributed by atoms with van der Waals surface area (Å²) in [7, 11) is 4.11. The summed E-state index contributed by atoms with van der Waals surface area (Å²) in [5.41, 5.74) is 7.31. The minimum Gasteiger partial charge on any atom is -0.342 e. The molecule has 0 bridgehead atoms. The van der Waals surface area contributed by atoms with Gasteiger partial charge in [0.25, 0.3) is 5.91 Å². The van der Waals surface area contributed by atoms with Gasteiger partial charge in [0, 0.05) is 54.3 Å². The molecule has 4 heterocycles. The zero-order chi connectivity index (χ0) is 22.7. The van der Waals surface area contributed by atoms with Crippen LogP contribution in [0.25, 0.3) is 33.2 Å². The molecule has 0 aliphatic carbocycles. The van der Waals surface area contributed by atoms with Crippen LogP contribution in [0.3, 0.4) is 0 Å². The summed E-state index contributed by atoms with van der Waals surface area (Å²) in [5.74, 6) is 0.0377. The van der Waals surface area contributed by atoms with Crippen LogP contribution < -0.4 is 0 Å².